The number of carboxylic acid groups (broad SMARTS) is 1. The molecule has 0 atom stereocenters. The normalized spacial score (nSPS) is 10.8. The molecule has 2 aromatic carbocycles. The smallest absolute Gasteiger partial charge is 0.336 e. The van der Waals surface area contributed by atoms with Crippen LogP contribution in [0.25, 0.3) is 10.8 Å². The second-order valence-corrected chi connectivity index (χ2v) is 5.70. The highest BCUT2D eigenvalue weighted by atomic mass is 32.2. The van der Waals surface area contributed by atoms with Gasteiger partial charge in [-0.1, -0.05) is 24.6 Å². The Labute approximate surface area is 111 Å². The first kappa shape index (κ1) is 13.0. The second-order valence-electron chi connectivity index (χ2n) is 4.39. The lowest BCUT2D eigenvalue weighted by Crippen LogP contribution is -1.99. The van der Waals surface area contributed by atoms with Gasteiger partial charge < -0.3 is 5.11 Å². The number of hydrogen-bond acceptors (Lipinski definition) is 2. The summed E-state index contributed by atoms with van der Waals surface area (Å²) in [6.07, 6.45) is 0. The molecule has 0 saturated carbocycles. The van der Waals surface area contributed by atoms with E-state index in [1.165, 1.54) is 5.56 Å². The van der Waals surface area contributed by atoms with Gasteiger partial charge in [-0.25, -0.2) is 4.79 Å². The highest BCUT2D eigenvalue weighted by Crippen LogP contribution is 2.30. The SMILES string of the molecule is CCSc1cc2c(C)cc(C)cc2cc1C(=O)O. The van der Waals surface area contributed by atoms with Crippen molar-refractivity contribution in [3.8, 4) is 0 Å². The molecule has 0 spiro atoms. The maximum absolute atomic E-state index is 11.3. The Morgan fingerprint density at radius 3 is 2.56 bits per heavy atom. The van der Waals surface area contributed by atoms with Crippen LogP contribution < -0.4 is 0 Å². The molecule has 18 heavy (non-hydrogen) atoms. The molecule has 0 saturated heterocycles. The topological polar surface area (TPSA) is 37.3 Å². The summed E-state index contributed by atoms with van der Waals surface area (Å²) in [4.78, 5) is 12.1. The average molecular weight is 260 g/mol. The number of aryl methyl sites for hydroxylation is 2. The number of benzene rings is 2. The molecular formula is C15H16O2S. The van der Waals surface area contributed by atoms with E-state index >= 15 is 0 Å². The summed E-state index contributed by atoms with van der Waals surface area (Å²) in [7, 11) is 0. The third-order valence-corrected chi connectivity index (χ3v) is 3.87. The van der Waals surface area contributed by atoms with Crippen LogP contribution in [0.2, 0.25) is 0 Å². The molecule has 0 amide bonds. The van der Waals surface area contributed by atoms with Gasteiger partial charge in [0.05, 0.1) is 5.56 Å². The maximum atomic E-state index is 11.3. The molecule has 2 aromatic rings. The monoisotopic (exact) mass is 260 g/mol. The maximum Gasteiger partial charge on any atom is 0.336 e. The molecule has 2 rings (SSSR count). The van der Waals surface area contributed by atoms with Crippen LogP contribution in [0.3, 0.4) is 0 Å². The zero-order valence-electron chi connectivity index (χ0n) is 10.8. The van der Waals surface area contributed by atoms with Crippen molar-refractivity contribution in [2.45, 2.75) is 25.7 Å². The highest BCUT2D eigenvalue weighted by Gasteiger charge is 2.12. The van der Waals surface area contributed by atoms with E-state index in [4.69, 9.17) is 0 Å². The van der Waals surface area contributed by atoms with E-state index in [0.29, 0.717) is 5.56 Å². The number of hydrogen-bond donors (Lipinski definition) is 1. The average Bonchev–Trinajstić information content (AvgIpc) is 2.29. The minimum Gasteiger partial charge on any atom is -0.478 e. The molecule has 0 bridgehead atoms. The first-order chi connectivity index (χ1) is 8.52. The van der Waals surface area contributed by atoms with Gasteiger partial charge in [-0.3, -0.25) is 0 Å². The van der Waals surface area contributed by atoms with Crippen molar-refractivity contribution in [3.63, 3.8) is 0 Å². The van der Waals surface area contributed by atoms with Crippen molar-refractivity contribution >= 4 is 28.5 Å². The summed E-state index contributed by atoms with van der Waals surface area (Å²) >= 11 is 1.58. The summed E-state index contributed by atoms with van der Waals surface area (Å²) in [6, 6.07) is 7.95. The van der Waals surface area contributed by atoms with E-state index in [0.717, 1.165) is 27.0 Å². The zero-order valence-corrected chi connectivity index (χ0v) is 11.6. The Morgan fingerprint density at radius 1 is 1.22 bits per heavy atom. The van der Waals surface area contributed by atoms with Gasteiger partial charge in [0.15, 0.2) is 0 Å². The van der Waals surface area contributed by atoms with Crippen molar-refractivity contribution in [3.05, 3.63) is 41.0 Å². The fourth-order valence-electron chi connectivity index (χ4n) is 2.21. The van der Waals surface area contributed by atoms with Gasteiger partial charge >= 0.3 is 5.97 Å². The van der Waals surface area contributed by atoms with Crippen LogP contribution >= 0.6 is 11.8 Å². The van der Waals surface area contributed by atoms with Gasteiger partial charge in [-0.15, -0.1) is 11.8 Å². The molecule has 0 aromatic heterocycles. The Morgan fingerprint density at radius 2 is 1.94 bits per heavy atom. The van der Waals surface area contributed by atoms with E-state index in [1.54, 1.807) is 17.8 Å². The molecule has 0 unspecified atom stereocenters. The lowest BCUT2D eigenvalue weighted by molar-refractivity contribution is 0.0693. The van der Waals surface area contributed by atoms with Gasteiger partial charge in [0.2, 0.25) is 0 Å². The highest BCUT2D eigenvalue weighted by molar-refractivity contribution is 7.99. The van der Waals surface area contributed by atoms with Gasteiger partial charge in [-0.05, 0) is 48.1 Å². The third-order valence-electron chi connectivity index (χ3n) is 2.93. The predicted octanol–water partition coefficient (Wildman–Crippen LogP) is 4.27. The largest absolute Gasteiger partial charge is 0.478 e. The Bertz CT molecular complexity index is 617. The Balaban J connectivity index is 2.76. The van der Waals surface area contributed by atoms with Crippen LogP contribution in [0.15, 0.2) is 29.2 Å². The molecular weight excluding hydrogens is 244 g/mol. The van der Waals surface area contributed by atoms with Gasteiger partial charge in [0.25, 0.3) is 0 Å². The third kappa shape index (κ3) is 2.36. The van der Waals surface area contributed by atoms with Crippen LogP contribution in [0.4, 0.5) is 0 Å². The van der Waals surface area contributed by atoms with Crippen LogP contribution in [-0.4, -0.2) is 16.8 Å². The van der Waals surface area contributed by atoms with Crippen molar-refractivity contribution in [1.29, 1.82) is 0 Å². The molecule has 0 heterocycles. The fourth-order valence-corrected chi connectivity index (χ4v) is 3.02. The van der Waals surface area contributed by atoms with Crippen LogP contribution in [0.5, 0.6) is 0 Å². The molecule has 2 nitrogen and oxygen atoms in total. The number of carboxylic acids is 1. The number of thioether (sulfide) groups is 1. The van der Waals surface area contributed by atoms with E-state index in [2.05, 4.69) is 13.0 Å². The molecule has 0 aliphatic carbocycles. The van der Waals surface area contributed by atoms with Crippen molar-refractivity contribution in [2.24, 2.45) is 0 Å². The molecule has 0 fully saturated rings. The summed E-state index contributed by atoms with van der Waals surface area (Å²) in [5.74, 6) is 0.0171. The number of rotatable bonds is 3. The second kappa shape index (κ2) is 5.02. The van der Waals surface area contributed by atoms with Gasteiger partial charge in [-0.2, -0.15) is 0 Å². The van der Waals surface area contributed by atoms with Crippen molar-refractivity contribution in [1.82, 2.24) is 0 Å². The molecule has 1 N–H and O–H groups in total. The minimum atomic E-state index is -0.855. The van der Waals surface area contributed by atoms with Crippen LogP contribution in [0, 0.1) is 13.8 Å². The summed E-state index contributed by atoms with van der Waals surface area (Å²) in [5, 5.41) is 11.4. The Hall–Kier alpha value is -1.48. The molecule has 0 radical (unpaired) electrons. The van der Waals surface area contributed by atoms with Crippen molar-refractivity contribution in [2.75, 3.05) is 5.75 Å². The van der Waals surface area contributed by atoms with Crippen LogP contribution in [-0.2, 0) is 0 Å². The fraction of sp³-hybridized carbons (Fsp3) is 0.267. The summed E-state index contributed by atoms with van der Waals surface area (Å²) in [6.45, 7) is 6.13. The molecule has 94 valence electrons. The van der Waals surface area contributed by atoms with E-state index < -0.39 is 5.97 Å². The van der Waals surface area contributed by atoms with Gasteiger partial charge in [0.1, 0.15) is 0 Å². The van der Waals surface area contributed by atoms with Gasteiger partial charge in [0, 0.05) is 4.90 Å². The zero-order chi connectivity index (χ0) is 13.3. The first-order valence-electron chi connectivity index (χ1n) is 5.94. The van der Waals surface area contributed by atoms with E-state index in [1.807, 2.05) is 26.0 Å². The van der Waals surface area contributed by atoms with E-state index in [-0.39, 0.29) is 0 Å². The predicted molar refractivity (Wildman–Crippen MR) is 76.8 cm³/mol. The molecule has 3 heteroatoms. The van der Waals surface area contributed by atoms with Crippen molar-refractivity contribution < 1.29 is 9.90 Å². The quantitative estimate of drug-likeness (QED) is 0.837. The molecule has 0 aliphatic heterocycles. The Kier molecular flexibility index (Phi) is 3.62. The van der Waals surface area contributed by atoms with E-state index in [9.17, 15) is 9.90 Å². The van der Waals surface area contributed by atoms with Crippen LogP contribution in [0.1, 0.15) is 28.4 Å². The molecule has 0 aliphatic rings. The number of aromatic carboxylic acids is 1. The summed E-state index contributed by atoms with van der Waals surface area (Å²) < 4.78 is 0. The minimum absolute atomic E-state index is 0.402. The summed E-state index contributed by atoms with van der Waals surface area (Å²) in [5.41, 5.74) is 2.76. The lowest BCUT2D eigenvalue weighted by atomic mass is 10.0. The number of carbonyl (C=O) groups is 1. The standard InChI is InChI=1S/C15H16O2S/c1-4-18-14-8-12-10(3)5-9(2)6-11(12)7-13(14)15(16)17/h5-8H,4H2,1-3H3,(H,16,17). The lowest BCUT2D eigenvalue weighted by Gasteiger charge is -2.10. The first-order valence-corrected chi connectivity index (χ1v) is 6.92. The number of fused-ring (bicyclic) bond motifs is 1.